The molecule has 0 aromatic carbocycles. The fourth-order valence-electron chi connectivity index (χ4n) is 17.5. The Hall–Kier alpha value is -5.31. The topological polar surface area (TPSA) is 308 Å². The van der Waals surface area contributed by atoms with Gasteiger partial charge in [0.05, 0.1) is 30.5 Å². The predicted octanol–water partition coefficient (Wildman–Crippen LogP) is 26.8. The van der Waals surface area contributed by atoms with Crippen molar-refractivity contribution in [2.75, 3.05) is 91.6 Å². The number of hydrogen-bond acceptors (Lipinski definition) is 19. The molecule has 2 saturated carbocycles. The molecule has 135 heavy (non-hydrogen) atoms. The fourth-order valence-corrected chi connectivity index (χ4v) is 17.5. The quantitative estimate of drug-likeness (QED) is 0.0280. The highest BCUT2D eigenvalue weighted by Gasteiger charge is 2.40. The van der Waals surface area contributed by atoms with Crippen molar-refractivity contribution >= 4 is 42.7 Å². The molecule has 0 aromatic rings. The molecule has 0 atom stereocenters. The van der Waals surface area contributed by atoms with Gasteiger partial charge < -0.3 is 93.0 Å². The van der Waals surface area contributed by atoms with Crippen LogP contribution >= 0.6 is 0 Å². The smallest absolute Gasteiger partial charge is 0.410 e. The van der Waals surface area contributed by atoms with Crippen molar-refractivity contribution in [2.45, 2.75) is 562 Å². The second kappa shape index (κ2) is 72.0. The van der Waals surface area contributed by atoms with Crippen LogP contribution in [0.5, 0.6) is 0 Å². The molecular weight excluding hydrogens is 1710 g/mol. The Morgan fingerprint density at radius 2 is 0.533 bits per heavy atom. The molecule has 7 aliphatic rings. The molecule has 7 fully saturated rings. The van der Waals surface area contributed by atoms with E-state index in [0.717, 1.165) is 103 Å². The largest absolute Gasteiger partial charge is 0.444 e. The van der Waals surface area contributed by atoms with Crippen molar-refractivity contribution in [2.24, 2.45) is 5.92 Å². The summed E-state index contributed by atoms with van der Waals surface area (Å²) in [4.78, 5) is 97.0. The minimum absolute atomic E-state index is 0.109. The number of carbonyl (C=O) groups excluding carboxylic acids is 7. The van der Waals surface area contributed by atoms with E-state index in [1.807, 2.05) is 99.8 Å². The van der Waals surface area contributed by atoms with E-state index < -0.39 is 16.8 Å². The maximum Gasteiger partial charge on any atom is 0.410 e. The van der Waals surface area contributed by atoms with Crippen molar-refractivity contribution in [3.63, 3.8) is 0 Å². The van der Waals surface area contributed by atoms with Gasteiger partial charge in [-0.3, -0.25) is 0 Å². The minimum Gasteiger partial charge on any atom is -0.444 e. The number of unbranched alkanes of at least 4 members (excludes halogenated alkanes) is 24. The summed E-state index contributed by atoms with van der Waals surface area (Å²) in [6, 6.07) is 0. The molecular formula is C109H211N7O19. The third-order valence-corrected chi connectivity index (χ3v) is 28.1. The van der Waals surface area contributed by atoms with Crippen LogP contribution in [0.25, 0.3) is 0 Å². The van der Waals surface area contributed by atoms with Gasteiger partial charge in [-0.15, -0.1) is 0 Å². The summed E-state index contributed by atoms with van der Waals surface area (Å²) in [7, 11) is 0. The van der Waals surface area contributed by atoms with Gasteiger partial charge in [-0.05, 0) is 256 Å². The molecule has 7 amide bonds. The zero-order valence-electron chi connectivity index (χ0n) is 90.9. The average Bonchev–Trinajstić information content (AvgIpc) is 1.79. The van der Waals surface area contributed by atoms with E-state index in [4.69, 9.17) is 33.2 Å². The van der Waals surface area contributed by atoms with E-state index in [2.05, 4.69) is 62.3 Å². The van der Waals surface area contributed by atoms with E-state index in [1.54, 1.807) is 24.5 Å². The fraction of sp³-hybridized carbons (Fsp3) is 0.936. The second-order valence-electron chi connectivity index (χ2n) is 43.5. The summed E-state index contributed by atoms with van der Waals surface area (Å²) in [6.45, 7) is 54.1. The number of likely N-dealkylation sites (tertiary alicyclic amines) is 5. The summed E-state index contributed by atoms with van der Waals surface area (Å²) in [5.41, 5.74) is -2.49. The van der Waals surface area contributed by atoms with Crippen LogP contribution in [0.3, 0.4) is 0 Å². The number of piperidine rings is 5. The molecule has 26 heteroatoms. The first-order valence-electron chi connectivity index (χ1n) is 55.2. The van der Waals surface area contributed by atoms with Gasteiger partial charge in [-0.1, -0.05) is 243 Å². The lowest BCUT2D eigenvalue weighted by molar-refractivity contribution is -0.0406. The van der Waals surface area contributed by atoms with E-state index in [-0.39, 0.29) is 95.6 Å². The van der Waals surface area contributed by atoms with Gasteiger partial charge in [0, 0.05) is 91.6 Å². The lowest BCUT2D eigenvalue weighted by Gasteiger charge is -2.38. The number of aliphatic hydroxyl groups is 5. The first-order valence-corrected chi connectivity index (χ1v) is 55.2. The number of ether oxygens (including phenoxy) is 7. The van der Waals surface area contributed by atoms with Crippen LogP contribution in [0.2, 0.25) is 0 Å². The number of carbonyl (C=O) groups is 7. The molecule has 0 bridgehead atoms. The highest BCUT2D eigenvalue weighted by Crippen LogP contribution is 2.38. The Balaban J connectivity index is 0.000000797. The number of aliphatic hydroxyl groups excluding tert-OH is 5. The summed E-state index contributed by atoms with van der Waals surface area (Å²) >= 11 is 0. The molecule has 5 aliphatic heterocycles. The molecule has 0 aromatic heterocycles. The van der Waals surface area contributed by atoms with Crippen molar-refractivity contribution in [1.82, 2.24) is 34.3 Å². The number of nitrogens with zero attached hydrogens (tertiary/aromatic N) is 7. The number of rotatable bonds is 44. The van der Waals surface area contributed by atoms with Crippen LogP contribution < -0.4 is 0 Å². The maximum absolute atomic E-state index is 12.7. The second-order valence-corrected chi connectivity index (χ2v) is 43.5. The van der Waals surface area contributed by atoms with E-state index in [0.29, 0.717) is 136 Å². The van der Waals surface area contributed by atoms with E-state index in [9.17, 15) is 59.1 Å². The van der Waals surface area contributed by atoms with E-state index in [1.165, 1.54) is 199 Å². The Morgan fingerprint density at radius 1 is 0.281 bits per heavy atom. The SMILES string of the molecule is CC(C)(C)OC(=O)N1CCC(O)CC1.CC(C)(OC(=O)N1CCC(O)CC1)C1CCCCC1.CCC(C)(C)OC(=O)N1CCC(O)CC1.CCC(CC)(CC)OC(=O)N1CCC(O)CC1.CCC1(OC(=O)N2CCC(O)CC2)CCCC1.CCCCCCCCCCN(CCCCCCCCCC)C(=O)OC(C)(C)CC.CCCCCCCCN(CCCCCCCC)C(=O)OC(C)(C)C. The zero-order valence-corrected chi connectivity index (χ0v) is 90.9. The van der Waals surface area contributed by atoms with Gasteiger partial charge in [0.15, 0.2) is 0 Å². The van der Waals surface area contributed by atoms with Crippen LogP contribution in [0.4, 0.5) is 33.6 Å². The highest BCUT2D eigenvalue weighted by molar-refractivity contribution is 5.71. The normalized spacial score (nSPS) is 17.4. The first-order chi connectivity index (χ1) is 63.9. The third kappa shape index (κ3) is 60.6. The molecule has 5 N–H and O–H groups in total. The Bertz CT molecular complexity index is 2920. The van der Waals surface area contributed by atoms with Gasteiger partial charge in [-0.2, -0.15) is 0 Å². The van der Waals surface area contributed by atoms with Gasteiger partial charge >= 0.3 is 42.7 Å². The van der Waals surface area contributed by atoms with Crippen LogP contribution in [-0.4, -0.2) is 264 Å². The molecule has 26 nitrogen and oxygen atoms in total. The highest BCUT2D eigenvalue weighted by atomic mass is 16.6. The average molecular weight is 1920 g/mol. The van der Waals surface area contributed by atoms with Crippen molar-refractivity contribution in [3.05, 3.63) is 0 Å². The summed E-state index contributed by atoms with van der Waals surface area (Å²) < 4.78 is 39.1. The predicted molar refractivity (Wildman–Crippen MR) is 549 cm³/mol. The van der Waals surface area contributed by atoms with Crippen molar-refractivity contribution < 1.29 is 92.3 Å². The van der Waals surface area contributed by atoms with Crippen molar-refractivity contribution in [3.8, 4) is 0 Å². The third-order valence-electron chi connectivity index (χ3n) is 28.1. The van der Waals surface area contributed by atoms with Crippen molar-refractivity contribution in [1.29, 1.82) is 0 Å². The summed E-state index contributed by atoms with van der Waals surface area (Å²) in [6.07, 6.45) is 55.4. The van der Waals surface area contributed by atoms with E-state index >= 15 is 0 Å². The monoisotopic (exact) mass is 1920 g/mol. The lowest BCUT2D eigenvalue weighted by Crippen LogP contribution is -2.46. The van der Waals surface area contributed by atoms with Gasteiger partial charge in [0.1, 0.15) is 39.2 Å². The Labute approximate surface area is 824 Å². The molecule has 7 rings (SSSR count). The Kier molecular flexibility index (Phi) is 68.1. The standard InChI is InChI=1S/C26H53NO2.C21H43NO2.C15H27NO3.C13H23NO3.C13H25NO3.C11H21NO3.C10H19NO3/c1-6-9-11-13-15-17-19-21-23-27(25(28)29-26(4,5)8-3)24-22-20-18-16-14-12-10-7-2;1-6-8-10-12-14-16-18-22(20(23)24-21(3,4)5)19-17-15-13-11-9-7-2;1-15(2,12-6-4-3-5-7-12)19-14(18)16-10-8-13(17)9-11-16;1-2-13(7-3-4-8-13)17-12(16)14-9-5-11(15)6-10-14;1-4-13(5-2,6-3)17-12(16)14-9-7-11(15)8-10-14;1-4-11(2,3)15-10(14)12-7-5-9(13)6-8-12;1-10(2,3)14-9(13)11-6-4-8(12)5-7-11/h6-24H2,1-5H3;6-19H2,1-5H3;12-13,17H,3-11H2,1-2H3;11,15H,2-10H2,1H3;11,15H,4-10H2,1-3H3;9,13H,4-8H2,1-3H3;8,12H,4-7H2,1-3H3. The number of amides is 7. The minimum atomic E-state index is -0.437. The molecule has 0 spiro atoms. The lowest BCUT2D eigenvalue weighted by atomic mass is 9.79. The molecule has 5 heterocycles. The molecule has 2 aliphatic carbocycles. The maximum atomic E-state index is 12.7. The number of hydrogen-bond donors (Lipinski definition) is 5. The van der Waals surface area contributed by atoms with Crippen LogP contribution in [-0.2, 0) is 33.2 Å². The molecule has 5 saturated heterocycles. The van der Waals surface area contributed by atoms with Crippen LogP contribution in [0, 0.1) is 5.92 Å². The van der Waals surface area contributed by atoms with Crippen LogP contribution in [0.1, 0.15) is 493 Å². The van der Waals surface area contributed by atoms with Gasteiger partial charge in [0.25, 0.3) is 0 Å². The molecule has 0 radical (unpaired) electrons. The molecule has 796 valence electrons. The van der Waals surface area contributed by atoms with Crippen LogP contribution in [0.15, 0.2) is 0 Å². The van der Waals surface area contributed by atoms with Gasteiger partial charge in [-0.25, -0.2) is 33.6 Å². The zero-order chi connectivity index (χ0) is 101. The van der Waals surface area contributed by atoms with Gasteiger partial charge in [0.2, 0.25) is 0 Å². The first kappa shape index (κ1) is 128. The molecule has 0 unspecified atom stereocenters. The summed E-state index contributed by atoms with van der Waals surface area (Å²) in [5, 5.41) is 46.8. The summed E-state index contributed by atoms with van der Waals surface area (Å²) in [5.74, 6) is 0.487. The Morgan fingerprint density at radius 3 is 0.807 bits per heavy atom.